The normalized spacial score (nSPS) is 12.3. The summed E-state index contributed by atoms with van der Waals surface area (Å²) in [6.45, 7) is 1.94. The lowest BCUT2D eigenvalue weighted by atomic mass is 9.97. The van der Waals surface area contributed by atoms with Gasteiger partial charge in [-0.25, -0.2) is 4.39 Å². The second-order valence-corrected chi connectivity index (χ2v) is 5.41. The fourth-order valence-electron chi connectivity index (χ4n) is 2.49. The van der Waals surface area contributed by atoms with Gasteiger partial charge in [0, 0.05) is 6.04 Å². The van der Waals surface area contributed by atoms with Crippen molar-refractivity contribution in [2.75, 3.05) is 0 Å². The van der Waals surface area contributed by atoms with Gasteiger partial charge < -0.3 is 5.73 Å². The molecule has 0 aliphatic heterocycles. The van der Waals surface area contributed by atoms with E-state index in [0.717, 1.165) is 36.8 Å². The molecule has 0 aliphatic rings. The third-order valence-electron chi connectivity index (χ3n) is 3.67. The van der Waals surface area contributed by atoms with Crippen molar-refractivity contribution >= 4 is 0 Å². The smallest absolute Gasteiger partial charge is 0.123 e. The van der Waals surface area contributed by atoms with Gasteiger partial charge in [-0.1, -0.05) is 36.4 Å². The Morgan fingerprint density at radius 3 is 2.55 bits per heavy atom. The van der Waals surface area contributed by atoms with Crippen LogP contribution in [-0.2, 0) is 12.8 Å². The van der Waals surface area contributed by atoms with Crippen molar-refractivity contribution in [2.24, 2.45) is 5.73 Å². The Labute approximate surface area is 120 Å². The predicted octanol–water partition coefficient (Wildman–Crippen LogP) is 4.03. The molecule has 0 bridgehead atoms. The summed E-state index contributed by atoms with van der Waals surface area (Å²) in [6.07, 6.45) is 3.97. The number of hydrogen-bond donors (Lipinski definition) is 1. The molecule has 1 unspecified atom stereocenters. The van der Waals surface area contributed by atoms with E-state index < -0.39 is 0 Å². The van der Waals surface area contributed by atoms with Gasteiger partial charge in [0.15, 0.2) is 0 Å². The van der Waals surface area contributed by atoms with Crippen LogP contribution in [-0.4, -0.2) is 6.04 Å². The summed E-state index contributed by atoms with van der Waals surface area (Å²) in [5.41, 5.74) is 9.68. The SMILES string of the molecule is Cc1cc(F)ccc1CC(N)CCCc1ccccc1. The Balaban J connectivity index is 1.79. The maximum Gasteiger partial charge on any atom is 0.123 e. The summed E-state index contributed by atoms with van der Waals surface area (Å²) in [7, 11) is 0. The molecule has 2 aromatic rings. The molecule has 0 aliphatic carbocycles. The molecule has 2 aromatic carbocycles. The summed E-state index contributed by atoms with van der Waals surface area (Å²) in [4.78, 5) is 0. The molecule has 0 saturated heterocycles. The number of nitrogens with two attached hydrogens (primary N) is 1. The molecule has 2 rings (SSSR count). The molecular formula is C18H22FN. The zero-order chi connectivity index (χ0) is 14.4. The van der Waals surface area contributed by atoms with Gasteiger partial charge in [0.1, 0.15) is 5.82 Å². The van der Waals surface area contributed by atoms with E-state index in [1.165, 1.54) is 11.6 Å². The Bertz CT molecular complexity index is 536. The van der Waals surface area contributed by atoms with Crippen LogP contribution >= 0.6 is 0 Å². The third-order valence-corrected chi connectivity index (χ3v) is 3.67. The van der Waals surface area contributed by atoms with Crippen LogP contribution in [0.15, 0.2) is 48.5 Å². The van der Waals surface area contributed by atoms with Gasteiger partial charge in [0.2, 0.25) is 0 Å². The molecule has 1 atom stereocenters. The van der Waals surface area contributed by atoms with Crippen LogP contribution in [0.5, 0.6) is 0 Å². The van der Waals surface area contributed by atoms with Crippen molar-refractivity contribution in [3.63, 3.8) is 0 Å². The first kappa shape index (κ1) is 14.7. The van der Waals surface area contributed by atoms with E-state index in [9.17, 15) is 4.39 Å². The second kappa shape index (κ2) is 7.20. The minimum absolute atomic E-state index is 0.142. The molecule has 20 heavy (non-hydrogen) atoms. The van der Waals surface area contributed by atoms with Gasteiger partial charge in [0.05, 0.1) is 0 Å². The molecular weight excluding hydrogens is 249 g/mol. The highest BCUT2D eigenvalue weighted by atomic mass is 19.1. The summed E-state index contributed by atoms with van der Waals surface area (Å²) in [6, 6.07) is 15.5. The molecule has 0 saturated carbocycles. The molecule has 106 valence electrons. The van der Waals surface area contributed by atoms with Gasteiger partial charge in [-0.2, -0.15) is 0 Å². The molecule has 0 amide bonds. The first-order chi connectivity index (χ1) is 9.65. The minimum Gasteiger partial charge on any atom is -0.327 e. The van der Waals surface area contributed by atoms with Crippen LogP contribution < -0.4 is 5.73 Å². The lowest BCUT2D eigenvalue weighted by Crippen LogP contribution is -2.23. The predicted molar refractivity (Wildman–Crippen MR) is 82.2 cm³/mol. The Kier molecular flexibility index (Phi) is 5.31. The first-order valence-electron chi connectivity index (χ1n) is 7.19. The van der Waals surface area contributed by atoms with E-state index >= 15 is 0 Å². The standard InChI is InChI=1S/C18H22FN/c1-14-12-17(19)11-10-16(14)13-18(20)9-5-8-15-6-3-2-4-7-15/h2-4,6-7,10-12,18H,5,8-9,13,20H2,1H3. The van der Waals surface area contributed by atoms with Crippen molar-refractivity contribution in [3.8, 4) is 0 Å². The quantitative estimate of drug-likeness (QED) is 0.843. The monoisotopic (exact) mass is 271 g/mol. The topological polar surface area (TPSA) is 26.0 Å². The maximum absolute atomic E-state index is 13.0. The molecule has 1 nitrogen and oxygen atoms in total. The van der Waals surface area contributed by atoms with Crippen LogP contribution in [0, 0.1) is 12.7 Å². The van der Waals surface area contributed by atoms with E-state index in [2.05, 4.69) is 24.3 Å². The van der Waals surface area contributed by atoms with E-state index in [4.69, 9.17) is 5.73 Å². The zero-order valence-electron chi connectivity index (χ0n) is 12.0. The number of halogens is 1. The lowest BCUT2D eigenvalue weighted by Gasteiger charge is -2.13. The van der Waals surface area contributed by atoms with E-state index in [-0.39, 0.29) is 11.9 Å². The highest BCUT2D eigenvalue weighted by Crippen LogP contribution is 2.14. The van der Waals surface area contributed by atoms with Crippen LogP contribution in [0.25, 0.3) is 0 Å². The number of rotatable bonds is 6. The zero-order valence-corrected chi connectivity index (χ0v) is 12.0. The van der Waals surface area contributed by atoms with E-state index in [0.29, 0.717) is 0 Å². The molecule has 0 aromatic heterocycles. The Morgan fingerprint density at radius 1 is 1.10 bits per heavy atom. The van der Waals surface area contributed by atoms with Crippen LogP contribution in [0.4, 0.5) is 4.39 Å². The lowest BCUT2D eigenvalue weighted by molar-refractivity contribution is 0.576. The van der Waals surface area contributed by atoms with Gasteiger partial charge in [-0.05, 0) is 61.4 Å². The van der Waals surface area contributed by atoms with Crippen molar-refractivity contribution in [2.45, 2.75) is 38.6 Å². The number of hydrogen-bond acceptors (Lipinski definition) is 1. The largest absolute Gasteiger partial charge is 0.327 e. The van der Waals surface area contributed by atoms with Gasteiger partial charge in [0.25, 0.3) is 0 Å². The fourth-order valence-corrected chi connectivity index (χ4v) is 2.49. The first-order valence-corrected chi connectivity index (χ1v) is 7.19. The van der Waals surface area contributed by atoms with Crippen molar-refractivity contribution < 1.29 is 4.39 Å². The number of benzene rings is 2. The molecule has 0 heterocycles. The average Bonchev–Trinajstić information content (AvgIpc) is 2.43. The van der Waals surface area contributed by atoms with Crippen LogP contribution in [0.1, 0.15) is 29.5 Å². The molecule has 2 N–H and O–H groups in total. The Hall–Kier alpha value is -1.67. The highest BCUT2D eigenvalue weighted by Gasteiger charge is 2.07. The summed E-state index contributed by atoms with van der Waals surface area (Å²) in [5.74, 6) is -0.177. The average molecular weight is 271 g/mol. The molecule has 0 radical (unpaired) electrons. The summed E-state index contributed by atoms with van der Waals surface area (Å²) >= 11 is 0. The van der Waals surface area contributed by atoms with Crippen LogP contribution in [0.3, 0.4) is 0 Å². The van der Waals surface area contributed by atoms with E-state index in [1.54, 1.807) is 6.07 Å². The Morgan fingerprint density at radius 2 is 1.85 bits per heavy atom. The molecule has 2 heteroatoms. The van der Waals surface area contributed by atoms with Crippen molar-refractivity contribution in [3.05, 3.63) is 71.0 Å². The fraction of sp³-hybridized carbons (Fsp3) is 0.333. The van der Waals surface area contributed by atoms with Gasteiger partial charge in [-0.3, -0.25) is 0 Å². The van der Waals surface area contributed by atoms with Gasteiger partial charge in [-0.15, -0.1) is 0 Å². The molecule has 0 spiro atoms. The number of aryl methyl sites for hydroxylation is 2. The minimum atomic E-state index is -0.177. The van der Waals surface area contributed by atoms with Crippen molar-refractivity contribution in [1.82, 2.24) is 0 Å². The second-order valence-electron chi connectivity index (χ2n) is 5.41. The van der Waals surface area contributed by atoms with Crippen molar-refractivity contribution in [1.29, 1.82) is 0 Å². The highest BCUT2D eigenvalue weighted by molar-refractivity contribution is 5.27. The maximum atomic E-state index is 13.0. The summed E-state index contributed by atoms with van der Waals surface area (Å²) in [5, 5.41) is 0. The molecule has 0 fully saturated rings. The van der Waals surface area contributed by atoms with Crippen LogP contribution in [0.2, 0.25) is 0 Å². The van der Waals surface area contributed by atoms with Gasteiger partial charge >= 0.3 is 0 Å². The summed E-state index contributed by atoms with van der Waals surface area (Å²) < 4.78 is 13.0. The van der Waals surface area contributed by atoms with E-state index in [1.807, 2.05) is 19.1 Å². The third kappa shape index (κ3) is 4.46.